The van der Waals surface area contributed by atoms with Crippen LogP contribution in [0.25, 0.3) is 22.0 Å². The molecule has 3 aromatic rings. The summed E-state index contributed by atoms with van der Waals surface area (Å²) in [6.07, 6.45) is 3.09. The lowest BCUT2D eigenvalue weighted by Crippen LogP contribution is -2.45. The van der Waals surface area contributed by atoms with Crippen LogP contribution in [0, 0.1) is 19.3 Å². The van der Waals surface area contributed by atoms with Gasteiger partial charge in [0.1, 0.15) is 0 Å². The average Bonchev–Trinajstić information content (AvgIpc) is 2.58. The van der Waals surface area contributed by atoms with Gasteiger partial charge in [0.05, 0.1) is 5.69 Å². The largest absolute Gasteiger partial charge is 0.256 e. The van der Waals surface area contributed by atoms with Crippen molar-refractivity contribution < 1.29 is 0 Å². The maximum atomic E-state index is 4.98. The molecule has 0 spiro atoms. The minimum atomic E-state index is -0.00664. The van der Waals surface area contributed by atoms with Crippen molar-refractivity contribution in [3.63, 3.8) is 0 Å². The molecule has 0 saturated carbocycles. The topological polar surface area (TPSA) is 12.9 Å². The lowest BCUT2D eigenvalue weighted by molar-refractivity contribution is 0.292. The molecular weight excluding hydrogens is 350 g/mol. The van der Waals surface area contributed by atoms with E-state index in [0.29, 0.717) is 0 Å². The molecule has 0 amide bonds. The zero-order valence-electron chi connectivity index (χ0n) is 19.6. The molecule has 1 heteroatoms. The molecule has 1 aromatic heterocycles. The highest BCUT2D eigenvalue weighted by Crippen LogP contribution is 2.56. The summed E-state index contributed by atoms with van der Waals surface area (Å²) in [6, 6.07) is 11.5. The third kappa shape index (κ3) is 2.93. The van der Waals surface area contributed by atoms with Crippen molar-refractivity contribution in [2.75, 3.05) is 0 Å². The molecule has 1 heterocycles. The molecule has 1 aliphatic carbocycles. The summed E-state index contributed by atoms with van der Waals surface area (Å²) < 4.78 is 0. The third-order valence-electron chi connectivity index (χ3n) is 7.38. The highest BCUT2D eigenvalue weighted by atomic mass is 14.7. The van der Waals surface area contributed by atoms with E-state index in [-0.39, 0.29) is 16.2 Å². The Morgan fingerprint density at radius 1 is 0.862 bits per heavy atom. The van der Waals surface area contributed by atoms with Gasteiger partial charge in [-0.25, -0.2) is 0 Å². The number of aromatic nitrogens is 1. The van der Waals surface area contributed by atoms with Gasteiger partial charge in [-0.05, 0) is 76.3 Å². The van der Waals surface area contributed by atoms with E-state index < -0.39 is 0 Å². The number of hydrogen-bond donors (Lipinski definition) is 0. The molecule has 0 atom stereocenters. The van der Waals surface area contributed by atoms with Crippen molar-refractivity contribution in [1.29, 1.82) is 0 Å². The fraction of sp³-hybridized carbons (Fsp3) is 0.464. The Labute approximate surface area is 176 Å². The Morgan fingerprint density at radius 2 is 1.52 bits per heavy atom. The number of nitrogens with zero attached hydrogens (tertiary/aromatic N) is 1. The molecule has 0 bridgehead atoms. The van der Waals surface area contributed by atoms with E-state index in [1.165, 1.54) is 49.8 Å². The number of aryl methyl sites for hydroxylation is 2. The Kier molecular flexibility index (Phi) is 4.29. The predicted octanol–water partition coefficient (Wildman–Crippen LogP) is 7.68. The summed E-state index contributed by atoms with van der Waals surface area (Å²) in [5, 5.41) is 2.69. The minimum Gasteiger partial charge on any atom is -0.256 e. The highest BCUT2D eigenvalue weighted by molar-refractivity contribution is 5.94. The van der Waals surface area contributed by atoms with E-state index in [1.807, 2.05) is 6.20 Å². The van der Waals surface area contributed by atoms with E-state index >= 15 is 0 Å². The average molecular weight is 386 g/mol. The fourth-order valence-corrected chi connectivity index (χ4v) is 5.45. The monoisotopic (exact) mass is 385 g/mol. The first kappa shape index (κ1) is 20.1. The van der Waals surface area contributed by atoms with Crippen LogP contribution in [-0.4, -0.2) is 4.98 Å². The van der Waals surface area contributed by atoms with Crippen LogP contribution in [0.3, 0.4) is 0 Å². The second kappa shape index (κ2) is 6.17. The number of fused-ring (bicyclic) bond motifs is 4. The van der Waals surface area contributed by atoms with Gasteiger partial charge in [0, 0.05) is 17.2 Å². The van der Waals surface area contributed by atoms with Crippen LogP contribution in [0.1, 0.15) is 76.3 Å². The standard InChI is InChI=1S/C28H35N/c1-17-10-11-21-18(2)23-22(15-20(21)14-17)25-24(28(8,9)27(23,6)7)19(12-13-29-25)16-26(3,4)5/h10-15H,16H2,1-9H3. The highest BCUT2D eigenvalue weighted by Gasteiger charge is 2.48. The lowest BCUT2D eigenvalue weighted by Gasteiger charge is -2.49. The molecular formula is C28H35N. The maximum absolute atomic E-state index is 4.98. The van der Waals surface area contributed by atoms with Crippen LogP contribution < -0.4 is 0 Å². The van der Waals surface area contributed by atoms with Crippen LogP contribution in [0.15, 0.2) is 36.5 Å². The second-order valence-electron chi connectivity index (χ2n) is 11.3. The number of pyridine rings is 1. The molecule has 4 rings (SSSR count). The van der Waals surface area contributed by atoms with Crippen LogP contribution in [0.5, 0.6) is 0 Å². The first-order valence-electron chi connectivity index (χ1n) is 10.9. The predicted molar refractivity (Wildman–Crippen MR) is 126 cm³/mol. The van der Waals surface area contributed by atoms with E-state index in [0.717, 1.165) is 6.42 Å². The Balaban J connectivity index is 2.14. The first-order valence-corrected chi connectivity index (χ1v) is 10.9. The molecule has 1 aliphatic rings. The maximum Gasteiger partial charge on any atom is 0.0745 e. The van der Waals surface area contributed by atoms with Gasteiger partial charge in [-0.2, -0.15) is 0 Å². The molecule has 29 heavy (non-hydrogen) atoms. The summed E-state index contributed by atoms with van der Waals surface area (Å²) in [4.78, 5) is 4.98. The van der Waals surface area contributed by atoms with Crippen molar-refractivity contribution in [2.45, 2.75) is 79.6 Å². The van der Waals surface area contributed by atoms with Gasteiger partial charge in [0.15, 0.2) is 0 Å². The van der Waals surface area contributed by atoms with Crippen LogP contribution in [0.2, 0.25) is 0 Å². The zero-order chi connectivity index (χ0) is 21.4. The SMILES string of the molecule is Cc1ccc2c(C)c3c(cc2c1)-c1nccc(CC(C)(C)C)c1C(C)(C)C3(C)C. The molecule has 0 radical (unpaired) electrons. The Morgan fingerprint density at radius 3 is 2.17 bits per heavy atom. The molecule has 2 aromatic carbocycles. The van der Waals surface area contributed by atoms with Crippen molar-refractivity contribution in [3.05, 3.63) is 64.3 Å². The third-order valence-corrected chi connectivity index (χ3v) is 7.38. The van der Waals surface area contributed by atoms with Gasteiger partial charge in [-0.15, -0.1) is 0 Å². The Hall–Kier alpha value is -2.15. The number of benzene rings is 2. The van der Waals surface area contributed by atoms with Crippen molar-refractivity contribution in [3.8, 4) is 11.3 Å². The molecule has 0 N–H and O–H groups in total. The smallest absolute Gasteiger partial charge is 0.0745 e. The Bertz CT molecular complexity index is 1120. The molecule has 1 nitrogen and oxygen atoms in total. The summed E-state index contributed by atoms with van der Waals surface area (Å²) in [5.41, 5.74) is 9.84. The summed E-state index contributed by atoms with van der Waals surface area (Å²) in [5.74, 6) is 0. The van der Waals surface area contributed by atoms with E-state index in [4.69, 9.17) is 4.98 Å². The first-order chi connectivity index (χ1) is 13.3. The quantitative estimate of drug-likeness (QED) is 0.418. The molecule has 0 aliphatic heterocycles. The number of hydrogen-bond acceptors (Lipinski definition) is 1. The van der Waals surface area contributed by atoms with Gasteiger partial charge in [0.25, 0.3) is 0 Å². The zero-order valence-corrected chi connectivity index (χ0v) is 19.6. The van der Waals surface area contributed by atoms with Crippen LogP contribution >= 0.6 is 0 Å². The summed E-state index contributed by atoms with van der Waals surface area (Å²) in [7, 11) is 0. The van der Waals surface area contributed by atoms with E-state index in [1.54, 1.807) is 0 Å². The molecule has 0 saturated heterocycles. The summed E-state index contributed by atoms with van der Waals surface area (Å²) in [6.45, 7) is 21.2. The van der Waals surface area contributed by atoms with E-state index in [2.05, 4.69) is 92.6 Å². The van der Waals surface area contributed by atoms with Gasteiger partial charge in [-0.3, -0.25) is 4.98 Å². The lowest BCUT2D eigenvalue weighted by atomic mass is 9.54. The van der Waals surface area contributed by atoms with Gasteiger partial charge in [0.2, 0.25) is 0 Å². The van der Waals surface area contributed by atoms with Gasteiger partial charge >= 0.3 is 0 Å². The fourth-order valence-electron chi connectivity index (χ4n) is 5.45. The number of rotatable bonds is 1. The van der Waals surface area contributed by atoms with E-state index in [9.17, 15) is 0 Å². The molecule has 0 unspecified atom stereocenters. The summed E-state index contributed by atoms with van der Waals surface area (Å²) >= 11 is 0. The minimum absolute atomic E-state index is 0.00664. The van der Waals surface area contributed by atoms with Crippen molar-refractivity contribution in [1.82, 2.24) is 4.98 Å². The van der Waals surface area contributed by atoms with Crippen LogP contribution in [-0.2, 0) is 17.3 Å². The van der Waals surface area contributed by atoms with Gasteiger partial charge < -0.3 is 0 Å². The molecule has 0 fully saturated rings. The van der Waals surface area contributed by atoms with Crippen molar-refractivity contribution in [2.24, 2.45) is 5.41 Å². The normalized spacial score (nSPS) is 17.1. The molecule has 152 valence electrons. The van der Waals surface area contributed by atoms with Crippen LogP contribution in [0.4, 0.5) is 0 Å². The van der Waals surface area contributed by atoms with Gasteiger partial charge in [-0.1, -0.05) is 72.2 Å². The van der Waals surface area contributed by atoms with Crippen molar-refractivity contribution >= 4 is 10.8 Å². The second-order valence-corrected chi connectivity index (χ2v) is 11.3.